The van der Waals surface area contributed by atoms with Gasteiger partial charge in [0.15, 0.2) is 0 Å². The second kappa shape index (κ2) is 4.12. The van der Waals surface area contributed by atoms with Gasteiger partial charge in [-0.2, -0.15) is 0 Å². The minimum Gasteiger partial charge on any atom is -0.0882 e. The molecular weight excluding hydrogens is 228 g/mol. The first-order valence-electron chi connectivity index (χ1n) is 8.78. The largest absolute Gasteiger partial charge is 0.0882 e. The fourth-order valence-electron chi connectivity index (χ4n) is 6.83. The topological polar surface area (TPSA) is 0 Å². The van der Waals surface area contributed by atoms with E-state index in [0.29, 0.717) is 5.41 Å². The van der Waals surface area contributed by atoms with Gasteiger partial charge in [0.1, 0.15) is 0 Å². The van der Waals surface area contributed by atoms with Gasteiger partial charge in [-0.05, 0) is 85.9 Å². The molecule has 0 spiro atoms. The molecule has 4 aliphatic carbocycles. The molecule has 0 heteroatoms. The lowest BCUT2D eigenvalue weighted by molar-refractivity contribution is -0.0870. The Balaban J connectivity index is 1.67. The van der Waals surface area contributed by atoms with Gasteiger partial charge in [-0.15, -0.1) is 0 Å². The molecule has 0 N–H and O–H groups in total. The van der Waals surface area contributed by atoms with Gasteiger partial charge >= 0.3 is 0 Å². The van der Waals surface area contributed by atoms with E-state index in [-0.39, 0.29) is 0 Å². The van der Waals surface area contributed by atoms with E-state index >= 15 is 0 Å². The molecule has 6 atom stereocenters. The normalized spacial score (nSPS) is 56.3. The first-order chi connectivity index (χ1) is 9.13. The summed E-state index contributed by atoms with van der Waals surface area (Å²) in [6, 6.07) is 0. The zero-order valence-electron chi connectivity index (χ0n) is 12.8. The second-order valence-corrected chi connectivity index (χ2v) is 8.65. The molecule has 0 bridgehead atoms. The summed E-state index contributed by atoms with van der Waals surface area (Å²) in [5.74, 6) is 4.21. The van der Waals surface area contributed by atoms with Crippen molar-refractivity contribution in [1.82, 2.24) is 0 Å². The third kappa shape index (κ3) is 1.64. The third-order valence-electron chi connectivity index (χ3n) is 7.99. The lowest BCUT2D eigenvalue weighted by Crippen LogP contribution is -2.51. The van der Waals surface area contributed by atoms with Crippen LogP contribution >= 0.6 is 0 Å². The Labute approximate surface area is 119 Å². The minimum atomic E-state index is 0.654. The van der Waals surface area contributed by atoms with Crippen molar-refractivity contribution in [3.8, 4) is 0 Å². The van der Waals surface area contributed by atoms with Crippen LogP contribution in [0, 0.1) is 34.5 Å². The third-order valence-corrected chi connectivity index (χ3v) is 7.99. The van der Waals surface area contributed by atoms with Crippen molar-refractivity contribution < 1.29 is 0 Å². The van der Waals surface area contributed by atoms with E-state index in [9.17, 15) is 0 Å². The Bertz CT molecular complexity index is 395. The molecule has 0 heterocycles. The molecule has 3 fully saturated rings. The van der Waals surface area contributed by atoms with Crippen molar-refractivity contribution in [2.24, 2.45) is 34.5 Å². The van der Waals surface area contributed by atoms with Crippen LogP contribution in [-0.4, -0.2) is 0 Å². The van der Waals surface area contributed by atoms with Crippen molar-refractivity contribution in [3.05, 3.63) is 12.2 Å². The molecule has 0 nitrogen and oxygen atoms in total. The summed E-state index contributed by atoms with van der Waals surface area (Å²) in [6.07, 6.45) is 18.5. The molecule has 0 aromatic carbocycles. The van der Waals surface area contributed by atoms with Gasteiger partial charge in [-0.3, -0.25) is 0 Å². The Morgan fingerprint density at radius 2 is 1.79 bits per heavy atom. The molecule has 0 amide bonds. The summed E-state index contributed by atoms with van der Waals surface area (Å²) >= 11 is 0. The zero-order chi connectivity index (χ0) is 13.1. The van der Waals surface area contributed by atoms with Crippen LogP contribution < -0.4 is 0 Å². The summed E-state index contributed by atoms with van der Waals surface area (Å²) in [6.45, 7) is 5.27. The molecule has 0 radical (unpaired) electrons. The minimum absolute atomic E-state index is 0.654. The maximum absolute atomic E-state index is 2.65. The molecule has 6 unspecified atom stereocenters. The number of allylic oxidation sites excluding steroid dienone is 2. The first-order valence-corrected chi connectivity index (χ1v) is 8.78. The highest BCUT2D eigenvalue weighted by Gasteiger charge is 2.56. The van der Waals surface area contributed by atoms with Crippen LogP contribution in [0.2, 0.25) is 0 Å². The number of fused-ring (bicyclic) bond motifs is 5. The predicted octanol–water partition coefficient (Wildman–Crippen LogP) is 5.59. The van der Waals surface area contributed by atoms with Gasteiger partial charge in [0, 0.05) is 0 Å². The molecule has 19 heavy (non-hydrogen) atoms. The van der Waals surface area contributed by atoms with Crippen LogP contribution in [0.15, 0.2) is 12.2 Å². The van der Waals surface area contributed by atoms with Crippen molar-refractivity contribution in [2.75, 3.05) is 0 Å². The maximum atomic E-state index is 2.65. The fraction of sp³-hybridized carbons (Fsp3) is 0.895. The Hall–Kier alpha value is -0.260. The molecule has 0 aromatic rings. The molecule has 4 aliphatic rings. The highest BCUT2D eigenvalue weighted by Crippen LogP contribution is 2.65. The molecule has 0 aromatic heterocycles. The highest BCUT2D eigenvalue weighted by atomic mass is 14.6. The second-order valence-electron chi connectivity index (χ2n) is 8.65. The molecule has 106 valence electrons. The van der Waals surface area contributed by atoms with Gasteiger partial charge in [0.05, 0.1) is 0 Å². The van der Waals surface area contributed by atoms with E-state index in [1.807, 2.05) is 0 Å². The Morgan fingerprint density at radius 3 is 2.68 bits per heavy atom. The number of hydrogen-bond acceptors (Lipinski definition) is 0. The van der Waals surface area contributed by atoms with E-state index in [2.05, 4.69) is 26.0 Å². The first kappa shape index (κ1) is 12.5. The lowest BCUT2D eigenvalue weighted by atomic mass is 9.46. The van der Waals surface area contributed by atoms with Crippen molar-refractivity contribution in [1.29, 1.82) is 0 Å². The van der Waals surface area contributed by atoms with Crippen LogP contribution in [0.1, 0.15) is 71.6 Å². The average molecular weight is 258 g/mol. The van der Waals surface area contributed by atoms with Crippen molar-refractivity contribution in [3.63, 3.8) is 0 Å². The van der Waals surface area contributed by atoms with Gasteiger partial charge in [-0.1, -0.05) is 32.4 Å². The van der Waals surface area contributed by atoms with Crippen molar-refractivity contribution in [2.45, 2.75) is 71.6 Å². The standard InChI is InChI=1S/C19H30/c1-18-11-5-7-16(18)15-9-8-14-6-3-4-12-19(14,2)17(15)10-13-18/h3-4,14-17H,5-13H2,1-2H3. The molecule has 0 aliphatic heterocycles. The molecular formula is C19H30. The van der Waals surface area contributed by atoms with Crippen LogP contribution in [0.5, 0.6) is 0 Å². The van der Waals surface area contributed by atoms with E-state index in [0.717, 1.165) is 29.1 Å². The summed E-state index contributed by atoms with van der Waals surface area (Å²) in [5.41, 5.74) is 1.39. The summed E-state index contributed by atoms with van der Waals surface area (Å²) in [4.78, 5) is 0. The quantitative estimate of drug-likeness (QED) is 0.497. The van der Waals surface area contributed by atoms with Crippen LogP contribution in [0.3, 0.4) is 0 Å². The van der Waals surface area contributed by atoms with Gasteiger partial charge in [-0.25, -0.2) is 0 Å². The van der Waals surface area contributed by atoms with Gasteiger partial charge < -0.3 is 0 Å². The lowest BCUT2D eigenvalue weighted by Gasteiger charge is -2.59. The van der Waals surface area contributed by atoms with Crippen LogP contribution in [0.25, 0.3) is 0 Å². The highest BCUT2D eigenvalue weighted by molar-refractivity contribution is 5.10. The Morgan fingerprint density at radius 1 is 0.895 bits per heavy atom. The van der Waals surface area contributed by atoms with Crippen LogP contribution in [-0.2, 0) is 0 Å². The number of rotatable bonds is 0. The van der Waals surface area contributed by atoms with Gasteiger partial charge in [0.2, 0.25) is 0 Å². The molecule has 3 saturated carbocycles. The van der Waals surface area contributed by atoms with E-state index in [1.54, 1.807) is 19.3 Å². The molecule has 4 rings (SSSR count). The van der Waals surface area contributed by atoms with Crippen molar-refractivity contribution >= 4 is 0 Å². The van der Waals surface area contributed by atoms with Gasteiger partial charge in [0.25, 0.3) is 0 Å². The van der Waals surface area contributed by atoms with Crippen LogP contribution in [0.4, 0.5) is 0 Å². The van der Waals surface area contributed by atoms with E-state index in [1.165, 1.54) is 38.5 Å². The Kier molecular flexibility index (Phi) is 2.71. The molecule has 0 saturated heterocycles. The summed E-state index contributed by atoms with van der Waals surface area (Å²) in [7, 11) is 0. The van der Waals surface area contributed by atoms with E-state index < -0.39 is 0 Å². The smallest absolute Gasteiger partial charge is 0.0229 e. The predicted molar refractivity (Wildman–Crippen MR) is 80.9 cm³/mol. The summed E-state index contributed by atoms with van der Waals surface area (Å²) in [5, 5.41) is 0. The monoisotopic (exact) mass is 258 g/mol. The zero-order valence-corrected chi connectivity index (χ0v) is 12.8. The fourth-order valence-corrected chi connectivity index (χ4v) is 6.83. The SMILES string of the molecule is CC12CCCC1C1CCC3CC=CCC3(C)C1CC2. The van der Waals surface area contributed by atoms with E-state index in [4.69, 9.17) is 0 Å². The maximum Gasteiger partial charge on any atom is -0.0229 e. The average Bonchev–Trinajstić information content (AvgIpc) is 2.79. The number of hydrogen-bond donors (Lipinski definition) is 0. The summed E-state index contributed by atoms with van der Waals surface area (Å²) < 4.78 is 0.